The highest BCUT2D eigenvalue weighted by Crippen LogP contribution is 2.23. The molecule has 1 aromatic carbocycles. The molecule has 0 spiro atoms. The van der Waals surface area contributed by atoms with Crippen molar-refractivity contribution in [2.24, 2.45) is 5.92 Å². The van der Waals surface area contributed by atoms with Crippen molar-refractivity contribution in [3.05, 3.63) is 65.2 Å². The molecule has 33 heavy (non-hydrogen) atoms. The van der Waals surface area contributed by atoms with E-state index in [9.17, 15) is 22.4 Å². The average Bonchev–Trinajstić information content (AvgIpc) is 3.19. The van der Waals surface area contributed by atoms with Crippen molar-refractivity contribution in [3.8, 4) is 0 Å². The number of rotatable bonds is 5. The van der Waals surface area contributed by atoms with Gasteiger partial charge in [-0.15, -0.1) is 0 Å². The molecule has 0 aliphatic carbocycles. The number of nitrogens with one attached hydrogen (secondary N) is 1. The molecule has 1 aliphatic rings. The normalized spacial score (nSPS) is 15.1. The SMILES string of the molecule is Cc1ccc(CNC(=O)C2CCN(C(=O)c3nc(S(C)(=O)=O)n4ccccc34)CC2)cc1F. The monoisotopic (exact) mass is 472 g/mol. The number of carbonyl (C=O) groups is 2. The number of fused-ring (bicyclic) bond motifs is 1. The maximum atomic E-state index is 13.7. The van der Waals surface area contributed by atoms with E-state index in [0.29, 0.717) is 42.6 Å². The first-order valence-electron chi connectivity index (χ1n) is 10.6. The van der Waals surface area contributed by atoms with Gasteiger partial charge in [-0.2, -0.15) is 0 Å². The van der Waals surface area contributed by atoms with Gasteiger partial charge < -0.3 is 10.2 Å². The summed E-state index contributed by atoms with van der Waals surface area (Å²) in [5.74, 6) is -1.05. The van der Waals surface area contributed by atoms with Crippen LogP contribution in [0.1, 0.15) is 34.5 Å². The van der Waals surface area contributed by atoms with Crippen LogP contribution in [0.5, 0.6) is 0 Å². The number of sulfone groups is 1. The first kappa shape index (κ1) is 22.9. The summed E-state index contributed by atoms with van der Waals surface area (Å²) < 4.78 is 39.3. The van der Waals surface area contributed by atoms with Gasteiger partial charge in [0.2, 0.25) is 20.9 Å². The van der Waals surface area contributed by atoms with Gasteiger partial charge in [-0.05, 0) is 49.1 Å². The van der Waals surface area contributed by atoms with E-state index in [1.165, 1.54) is 10.5 Å². The smallest absolute Gasteiger partial charge is 0.274 e. The van der Waals surface area contributed by atoms with Gasteiger partial charge in [0.15, 0.2) is 5.69 Å². The lowest BCUT2D eigenvalue weighted by atomic mass is 9.95. The van der Waals surface area contributed by atoms with Gasteiger partial charge in [-0.3, -0.25) is 14.0 Å². The molecule has 2 aromatic heterocycles. The van der Waals surface area contributed by atoms with Crippen LogP contribution in [0.4, 0.5) is 4.39 Å². The zero-order valence-corrected chi connectivity index (χ0v) is 19.2. The van der Waals surface area contributed by atoms with Crippen LogP contribution in [-0.2, 0) is 21.2 Å². The van der Waals surface area contributed by atoms with Crippen molar-refractivity contribution in [1.82, 2.24) is 19.6 Å². The molecule has 4 rings (SSSR count). The Labute approximate surface area is 191 Å². The van der Waals surface area contributed by atoms with Crippen molar-refractivity contribution >= 4 is 27.2 Å². The number of hydrogen-bond donors (Lipinski definition) is 1. The van der Waals surface area contributed by atoms with Crippen LogP contribution in [0.15, 0.2) is 47.8 Å². The van der Waals surface area contributed by atoms with Crippen molar-refractivity contribution in [1.29, 1.82) is 0 Å². The zero-order valence-electron chi connectivity index (χ0n) is 18.4. The molecule has 1 saturated heterocycles. The Morgan fingerprint density at radius 3 is 2.58 bits per heavy atom. The molecule has 0 saturated carbocycles. The molecular formula is C23H25FN4O4S. The Balaban J connectivity index is 1.40. The molecule has 2 amide bonds. The Kier molecular flexibility index (Phi) is 6.20. The van der Waals surface area contributed by atoms with Crippen LogP contribution in [0, 0.1) is 18.7 Å². The van der Waals surface area contributed by atoms with E-state index in [0.717, 1.165) is 6.26 Å². The van der Waals surface area contributed by atoms with Crippen molar-refractivity contribution in [2.75, 3.05) is 19.3 Å². The lowest BCUT2D eigenvalue weighted by Gasteiger charge is -2.31. The minimum Gasteiger partial charge on any atom is -0.352 e. The van der Waals surface area contributed by atoms with Crippen LogP contribution in [0.3, 0.4) is 0 Å². The molecule has 3 aromatic rings. The first-order chi connectivity index (χ1) is 15.6. The van der Waals surface area contributed by atoms with Gasteiger partial charge in [0, 0.05) is 38.0 Å². The molecule has 174 valence electrons. The Morgan fingerprint density at radius 2 is 1.91 bits per heavy atom. The summed E-state index contributed by atoms with van der Waals surface area (Å²) >= 11 is 0. The number of nitrogens with zero attached hydrogens (tertiary/aromatic N) is 3. The second kappa shape index (κ2) is 8.93. The molecule has 1 N–H and O–H groups in total. The lowest BCUT2D eigenvalue weighted by molar-refractivity contribution is -0.126. The fraction of sp³-hybridized carbons (Fsp3) is 0.348. The summed E-state index contributed by atoms with van der Waals surface area (Å²) in [5, 5.41) is 2.67. The standard InChI is InChI=1S/C23H25FN4O4S/c1-15-6-7-16(13-18(15)24)14-25-21(29)17-8-11-27(12-9-17)22(30)20-19-5-3-4-10-28(19)23(26-20)33(2,31)32/h3-7,10,13,17H,8-9,11-12,14H2,1-2H3,(H,25,29). The predicted molar refractivity (Wildman–Crippen MR) is 120 cm³/mol. The second-order valence-electron chi connectivity index (χ2n) is 8.34. The van der Waals surface area contributed by atoms with Crippen LogP contribution in [-0.4, -0.2) is 53.9 Å². The van der Waals surface area contributed by atoms with E-state index < -0.39 is 9.84 Å². The number of halogens is 1. The highest BCUT2D eigenvalue weighted by atomic mass is 32.2. The molecule has 1 fully saturated rings. The fourth-order valence-corrected chi connectivity index (χ4v) is 4.78. The third kappa shape index (κ3) is 4.75. The lowest BCUT2D eigenvalue weighted by Crippen LogP contribution is -2.43. The van der Waals surface area contributed by atoms with E-state index in [-0.39, 0.29) is 40.9 Å². The summed E-state index contributed by atoms with van der Waals surface area (Å²) in [6.45, 7) is 2.64. The van der Waals surface area contributed by atoms with Gasteiger partial charge >= 0.3 is 0 Å². The summed E-state index contributed by atoms with van der Waals surface area (Å²) in [6.07, 6.45) is 3.57. The maximum absolute atomic E-state index is 13.7. The first-order valence-corrected chi connectivity index (χ1v) is 12.5. The van der Waals surface area contributed by atoms with Crippen molar-refractivity contribution in [2.45, 2.75) is 31.5 Å². The van der Waals surface area contributed by atoms with Gasteiger partial charge in [-0.25, -0.2) is 17.8 Å². The van der Waals surface area contributed by atoms with Crippen LogP contribution >= 0.6 is 0 Å². The summed E-state index contributed by atoms with van der Waals surface area (Å²) in [7, 11) is -3.62. The largest absolute Gasteiger partial charge is 0.352 e. The molecule has 0 atom stereocenters. The number of pyridine rings is 1. The fourth-order valence-electron chi connectivity index (χ4n) is 4.00. The van der Waals surface area contributed by atoms with Gasteiger partial charge in [0.25, 0.3) is 5.91 Å². The van der Waals surface area contributed by atoms with E-state index in [1.807, 2.05) is 0 Å². The second-order valence-corrected chi connectivity index (χ2v) is 10.2. The average molecular weight is 473 g/mol. The maximum Gasteiger partial charge on any atom is 0.274 e. The topological polar surface area (TPSA) is 101 Å². The number of carbonyl (C=O) groups excluding carboxylic acids is 2. The highest BCUT2D eigenvalue weighted by Gasteiger charge is 2.31. The van der Waals surface area contributed by atoms with Gasteiger partial charge in [-0.1, -0.05) is 18.2 Å². The molecule has 10 heteroatoms. The number of aromatic nitrogens is 2. The summed E-state index contributed by atoms with van der Waals surface area (Å²) in [4.78, 5) is 31.4. The number of benzene rings is 1. The third-order valence-electron chi connectivity index (χ3n) is 5.91. The van der Waals surface area contributed by atoms with E-state index in [1.54, 1.807) is 48.4 Å². The highest BCUT2D eigenvalue weighted by molar-refractivity contribution is 7.90. The number of aryl methyl sites for hydroxylation is 1. The minimum absolute atomic E-state index is 0.0836. The number of imidazole rings is 1. The number of hydrogen-bond acceptors (Lipinski definition) is 5. The predicted octanol–water partition coefficient (Wildman–Crippen LogP) is 2.35. The number of amides is 2. The van der Waals surface area contributed by atoms with Gasteiger partial charge in [0.1, 0.15) is 5.82 Å². The molecular weight excluding hydrogens is 447 g/mol. The minimum atomic E-state index is -3.62. The van der Waals surface area contributed by atoms with E-state index >= 15 is 0 Å². The molecule has 8 nitrogen and oxygen atoms in total. The van der Waals surface area contributed by atoms with Crippen LogP contribution in [0.2, 0.25) is 0 Å². The van der Waals surface area contributed by atoms with E-state index in [2.05, 4.69) is 10.3 Å². The Morgan fingerprint density at radius 1 is 1.18 bits per heavy atom. The quantitative estimate of drug-likeness (QED) is 0.614. The summed E-state index contributed by atoms with van der Waals surface area (Å²) in [6, 6.07) is 9.92. The molecule has 0 radical (unpaired) electrons. The van der Waals surface area contributed by atoms with Crippen molar-refractivity contribution < 1.29 is 22.4 Å². The van der Waals surface area contributed by atoms with Crippen LogP contribution in [0.25, 0.3) is 5.52 Å². The Bertz CT molecular complexity index is 1330. The molecule has 0 unspecified atom stereocenters. The van der Waals surface area contributed by atoms with E-state index in [4.69, 9.17) is 0 Å². The summed E-state index contributed by atoms with van der Waals surface area (Å²) in [5.41, 5.74) is 1.75. The third-order valence-corrected chi connectivity index (χ3v) is 6.86. The number of piperidine rings is 1. The van der Waals surface area contributed by atoms with Gasteiger partial charge in [0.05, 0.1) is 5.52 Å². The zero-order chi connectivity index (χ0) is 23.8. The Hall–Kier alpha value is -3.27. The van der Waals surface area contributed by atoms with Crippen molar-refractivity contribution in [3.63, 3.8) is 0 Å². The molecule has 1 aliphatic heterocycles. The number of likely N-dealkylation sites (tertiary alicyclic amines) is 1. The molecule has 3 heterocycles. The van der Waals surface area contributed by atoms with Crippen LogP contribution < -0.4 is 5.32 Å². The molecule has 0 bridgehead atoms.